The molecule has 0 aliphatic heterocycles. The summed E-state index contributed by atoms with van der Waals surface area (Å²) in [6.07, 6.45) is 2.31. The van der Waals surface area contributed by atoms with E-state index in [0.29, 0.717) is 5.56 Å². The number of primary amides is 1. The molecule has 0 aromatic heterocycles. The molecule has 0 radical (unpaired) electrons. The molecule has 6 rings (SSSR count). The third-order valence-corrected chi connectivity index (χ3v) is 10.7. The van der Waals surface area contributed by atoms with Gasteiger partial charge in [-0.05, 0) is 97.9 Å². The van der Waals surface area contributed by atoms with E-state index in [9.17, 15) is 34.2 Å². The standard InChI is InChI=1S/C38H43N3O7/c1-5-15-41(16-6-2)19-20-11-12-24(23-10-8-7-9-22(20)23)25-13-14-28(42)30-26(25)17-21-18-27-32(40(3)4)34(44)31(37(39)47)36(46)38(27,48)35(45)29(21)33(30)43/h7-14,21,27,29,31-32,42,48H,5-6,15-19H2,1-4H3,(H2,39,47)/t21-,27-,29?,31?,32-,38-/m0/s1. The molecule has 0 saturated heterocycles. The smallest absolute Gasteiger partial charge is 0.235 e. The zero-order valence-electron chi connectivity index (χ0n) is 27.9. The van der Waals surface area contributed by atoms with Gasteiger partial charge in [-0.2, -0.15) is 0 Å². The lowest BCUT2D eigenvalue weighted by Crippen LogP contribution is -2.74. The van der Waals surface area contributed by atoms with E-state index in [1.807, 2.05) is 24.3 Å². The van der Waals surface area contributed by atoms with Crippen molar-refractivity contribution >= 4 is 39.8 Å². The normalized spacial score (nSPS) is 26.9. The number of hydrogen-bond donors (Lipinski definition) is 3. The molecule has 2 fully saturated rings. The van der Waals surface area contributed by atoms with Crippen molar-refractivity contribution in [3.63, 3.8) is 0 Å². The van der Waals surface area contributed by atoms with E-state index < -0.39 is 64.4 Å². The van der Waals surface area contributed by atoms with Crippen LogP contribution in [0.2, 0.25) is 0 Å². The first-order chi connectivity index (χ1) is 22.9. The van der Waals surface area contributed by atoms with Gasteiger partial charge in [0.1, 0.15) is 5.75 Å². The monoisotopic (exact) mass is 653 g/mol. The quantitative estimate of drug-likeness (QED) is 0.295. The predicted octanol–water partition coefficient (Wildman–Crippen LogP) is 3.31. The van der Waals surface area contributed by atoms with Crippen molar-refractivity contribution in [1.29, 1.82) is 0 Å². The Morgan fingerprint density at radius 3 is 2.19 bits per heavy atom. The van der Waals surface area contributed by atoms with Crippen LogP contribution < -0.4 is 5.73 Å². The minimum atomic E-state index is -2.75. The summed E-state index contributed by atoms with van der Waals surface area (Å²) in [4.78, 5) is 71.6. The number of nitrogens with zero attached hydrogens (tertiary/aromatic N) is 2. The zero-order chi connectivity index (χ0) is 34.7. The maximum Gasteiger partial charge on any atom is 0.235 e. The molecular weight excluding hydrogens is 610 g/mol. The molecule has 3 aliphatic rings. The summed E-state index contributed by atoms with van der Waals surface area (Å²) in [6, 6.07) is 14.4. The first-order valence-electron chi connectivity index (χ1n) is 16.8. The van der Waals surface area contributed by atoms with E-state index in [1.54, 1.807) is 20.2 Å². The number of benzene rings is 3. The lowest BCUT2D eigenvalue weighted by Gasteiger charge is -2.52. The molecule has 0 heterocycles. The SMILES string of the molecule is CCCN(CCC)Cc1ccc(-c2ccc(O)c3c2C[C@H]2C[C@H]4[C@H](N(C)C)C(=O)C(C(N)=O)C(=O)[C@@]4(O)C(=O)C2C3=O)c2ccccc12. The Kier molecular flexibility index (Phi) is 8.87. The van der Waals surface area contributed by atoms with Crippen molar-refractivity contribution < 1.29 is 34.2 Å². The van der Waals surface area contributed by atoms with Gasteiger partial charge in [0.25, 0.3) is 0 Å². The van der Waals surface area contributed by atoms with Crippen molar-refractivity contribution in [2.45, 2.75) is 57.7 Å². The van der Waals surface area contributed by atoms with E-state index in [4.69, 9.17) is 5.73 Å². The summed E-state index contributed by atoms with van der Waals surface area (Å²) in [5.74, 6) is -10.6. The second-order valence-electron chi connectivity index (χ2n) is 13.9. The number of carbonyl (C=O) groups excluding carboxylic acids is 5. The van der Waals surface area contributed by atoms with Crippen molar-refractivity contribution in [3.05, 3.63) is 65.2 Å². The molecule has 10 heteroatoms. The number of Topliss-reactive ketones (excluding diaryl/α,β-unsaturated/α-hetero) is 4. The second kappa shape index (κ2) is 12.7. The predicted molar refractivity (Wildman–Crippen MR) is 180 cm³/mol. The van der Waals surface area contributed by atoms with Crippen LogP contribution in [-0.2, 0) is 32.1 Å². The molecule has 2 saturated carbocycles. The topological polar surface area (TPSA) is 158 Å². The van der Waals surface area contributed by atoms with Crippen LogP contribution in [0.25, 0.3) is 21.9 Å². The van der Waals surface area contributed by atoms with Crippen LogP contribution in [0.1, 0.15) is 54.6 Å². The summed E-state index contributed by atoms with van der Waals surface area (Å²) in [6.45, 7) is 7.12. The third kappa shape index (κ3) is 5.09. The lowest BCUT2D eigenvalue weighted by molar-refractivity contribution is -0.181. The van der Waals surface area contributed by atoms with Gasteiger partial charge in [-0.15, -0.1) is 0 Å². The van der Waals surface area contributed by atoms with E-state index in [2.05, 4.69) is 30.9 Å². The summed E-state index contributed by atoms with van der Waals surface area (Å²) in [5.41, 5.74) is 6.07. The number of rotatable bonds is 9. The number of aliphatic hydroxyl groups is 1. The van der Waals surface area contributed by atoms with Gasteiger partial charge in [-0.25, -0.2) is 0 Å². The van der Waals surface area contributed by atoms with Gasteiger partial charge in [0.15, 0.2) is 34.7 Å². The number of phenols is 1. The molecule has 10 nitrogen and oxygen atoms in total. The Hall–Kier alpha value is -4.25. The largest absolute Gasteiger partial charge is 0.507 e. The molecule has 3 aliphatic carbocycles. The van der Waals surface area contributed by atoms with Crippen LogP contribution in [0, 0.1) is 23.7 Å². The summed E-state index contributed by atoms with van der Waals surface area (Å²) < 4.78 is 0. The highest BCUT2D eigenvalue weighted by molar-refractivity contribution is 6.32. The Morgan fingerprint density at radius 2 is 1.56 bits per heavy atom. The number of likely N-dealkylation sites (N-methyl/N-ethyl adjacent to an activating group) is 1. The van der Waals surface area contributed by atoms with Gasteiger partial charge in [0.2, 0.25) is 5.91 Å². The van der Waals surface area contributed by atoms with Crippen molar-refractivity contribution in [2.75, 3.05) is 27.2 Å². The second-order valence-corrected chi connectivity index (χ2v) is 13.9. The number of fused-ring (bicyclic) bond motifs is 4. The van der Waals surface area contributed by atoms with E-state index in [-0.39, 0.29) is 24.2 Å². The lowest BCUT2D eigenvalue weighted by atomic mass is 9.52. The molecule has 2 unspecified atom stereocenters. The molecule has 3 aromatic rings. The average Bonchev–Trinajstić information content (AvgIpc) is 3.03. The Bertz CT molecular complexity index is 1850. The van der Waals surface area contributed by atoms with Crippen molar-refractivity contribution in [2.24, 2.45) is 29.4 Å². The van der Waals surface area contributed by atoms with Crippen molar-refractivity contribution in [3.8, 4) is 16.9 Å². The molecule has 3 aromatic carbocycles. The minimum absolute atomic E-state index is 0.00334. The number of hydrogen-bond acceptors (Lipinski definition) is 9. The van der Waals surface area contributed by atoms with E-state index >= 15 is 0 Å². The molecular formula is C38H43N3O7. The van der Waals surface area contributed by atoms with Gasteiger partial charge >= 0.3 is 0 Å². The Morgan fingerprint density at radius 1 is 0.917 bits per heavy atom. The fraction of sp³-hybridized carbons (Fsp3) is 0.447. The zero-order valence-corrected chi connectivity index (χ0v) is 27.9. The number of carbonyl (C=O) groups is 5. The van der Waals surface area contributed by atoms with Crippen molar-refractivity contribution in [1.82, 2.24) is 9.80 Å². The van der Waals surface area contributed by atoms with Crippen LogP contribution in [-0.4, -0.2) is 87.9 Å². The maximum atomic E-state index is 14.3. The van der Waals surface area contributed by atoms with Gasteiger partial charge < -0.3 is 15.9 Å². The third-order valence-electron chi connectivity index (χ3n) is 10.7. The fourth-order valence-corrected chi connectivity index (χ4v) is 8.73. The van der Waals surface area contributed by atoms with Gasteiger partial charge in [0.05, 0.1) is 17.5 Å². The van der Waals surface area contributed by atoms with Crippen LogP contribution >= 0.6 is 0 Å². The summed E-state index contributed by atoms with van der Waals surface area (Å²) >= 11 is 0. The number of amides is 1. The van der Waals surface area contributed by atoms with Crippen LogP contribution in [0.5, 0.6) is 5.75 Å². The molecule has 6 atom stereocenters. The molecule has 4 N–H and O–H groups in total. The molecule has 252 valence electrons. The summed E-state index contributed by atoms with van der Waals surface area (Å²) in [5, 5.41) is 25.0. The molecule has 0 bridgehead atoms. The first-order valence-corrected chi connectivity index (χ1v) is 16.8. The highest BCUT2D eigenvalue weighted by Crippen LogP contribution is 2.52. The number of ketones is 4. The van der Waals surface area contributed by atoms with Gasteiger partial charge in [0, 0.05) is 12.5 Å². The van der Waals surface area contributed by atoms with Crippen LogP contribution in [0.15, 0.2) is 48.5 Å². The van der Waals surface area contributed by atoms with Crippen LogP contribution in [0.3, 0.4) is 0 Å². The van der Waals surface area contributed by atoms with E-state index in [0.717, 1.165) is 54.4 Å². The number of aromatic hydroxyl groups is 1. The molecule has 48 heavy (non-hydrogen) atoms. The number of phenolic OH excluding ortho intramolecular Hbond substituents is 1. The maximum absolute atomic E-state index is 14.3. The van der Waals surface area contributed by atoms with E-state index in [1.165, 1.54) is 16.5 Å². The Balaban J connectivity index is 1.46. The molecule has 1 amide bonds. The summed E-state index contributed by atoms with van der Waals surface area (Å²) in [7, 11) is 3.15. The van der Waals surface area contributed by atoms with Crippen LogP contribution in [0.4, 0.5) is 0 Å². The minimum Gasteiger partial charge on any atom is -0.507 e. The highest BCUT2D eigenvalue weighted by Gasteiger charge is 2.69. The van der Waals surface area contributed by atoms with Gasteiger partial charge in [-0.1, -0.05) is 56.3 Å². The van der Waals surface area contributed by atoms with Gasteiger partial charge in [-0.3, -0.25) is 33.8 Å². The number of nitrogens with two attached hydrogens (primary N) is 1. The highest BCUT2D eigenvalue weighted by atomic mass is 16.3. The first kappa shape index (κ1) is 33.6. The Labute approximate surface area is 279 Å². The molecule has 0 spiro atoms. The fourth-order valence-electron chi connectivity index (χ4n) is 8.73. The average molecular weight is 654 g/mol.